The van der Waals surface area contributed by atoms with Crippen molar-refractivity contribution in [3.05, 3.63) is 36.0 Å². The molecule has 3 atom stereocenters. The second-order valence-corrected chi connectivity index (χ2v) is 7.95. The predicted octanol–water partition coefficient (Wildman–Crippen LogP) is 1.90. The van der Waals surface area contributed by atoms with E-state index < -0.39 is 35.8 Å². The number of benzene rings is 1. The van der Waals surface area contributed by atoms with Gasteiger partial charge in [-0.1, -0.05) is 31.0 Å². The molecule has 1 fully saturated rings. The third-order valence-corrected chi connectivity index (χ3v) is 5.87. The van der Waals surface area contributed by atoms with Crippen molar-refractivity contribution in [2.75, 3.05) is 0 Å². The lowest BCUT2D eigenvalue weighted by molar-refractivity contribution is -0.144. The van der Waals surface area contributed by atoms with Crippen LogP contribution in [0.4, 0.5) is 0 Å². The molecule has 4 N–H and O–H groups in total. The van der Waals surface area contributed by atoms with Crippen LogP contribution in [0.25, 0.3) is 10.9 Å². The number of para-hydroxylation sites is 1. The largest absolute Gasteiger partial charge is 0.481 e. The van der Waals surface area contributed by atoms with E-state index in [2.05, 4.69) is 10.6 Å². The number of fused-ring (bicyclic) bond motifs is 1. The summed E-state index contributed by atoms with van der Waals surface area (Å²) in [4.78, 5) is 47.9. The van der Waals surface area contributed by atoms with Crippen LogP contribution in [0.3, 0.4) is 0 Å². The monoisotopic (exact) mass is 429 g/mol. The number of amides is 2. The number of nitrogens with one attached hydrogen (secondary N) is 2. The number of nitrogens with zero attached hydrogens (tertiary/aromatic N) is 1. The number of carbonyl (C=O) groups excluding carboxylic acids is 2. The summed E-state index contributed by atoms with van der Waals surface area (Å²) in [7, 11) is 1.81. The first kappa shape index (κ1) is 22.3. The van der Waals surface area contributed by atoms with Gasteiger partial charge in [-0.3, -0.25) is 14.4 Å². The Kier molecular flexibility index (Phi) is 6.94. The van der Waals surface area contributed by atoms with Gasteiger partial charge >= 0.3 is 11.9 Å². The lowest BCUT2D eigenvalue weighted by Crippen LogP contribution is -2.52. The first-order valence-corrected chi connectivity index (χ1v) is 10.4. The van der Waals surface area contributed by atoms with Gasteiger partial charge in [0.1, 0.15) is 11.7 Å². The van der Waals surface area contributed by atoms with Gasteiger partial charge in [-0.15, -0.1) is 0 Å². The van der Waals surface area contributed by atoms with Gasteiger partial charge in [0.25, 0.3) is 5.91 Å². The Morgan fingerprint density at radius 2 is 1.84 bits per heavy atom. The Morgan fingerprint density at radius 3 is 2.52 bits per heavy atom. The van der Waals surface area contributed by atoms with E-state index in [0.29, 0.717) is 18.5 Å². The van der Waals surface area contributed by atoms with Crippen LogP contribution >= 0.6 is 0 Å². The van der Waals surface area contributed by atoms with Gasteiger partial charge in [-0.05, 0) is 31.4 Å². The molecule has 0 radical (unpaired) electrons. The van der Waals surface area contributed by atoms with E-state index in [-0.39, 0.29) is 18.7 Å². The Hall–Kier alpha value is -3.36. The summed E-state index contributed by atoms with van der Waals surface area (Å²) < 4.78 is 1.80. The lowest BCUT2D eigenvalue weighted by Gasteiger charge is -2.32. The summed E-state index contributed by atoms with van der Waals surface area (Å²) in [6.45, 7) is 0. The molecule has 9 nitrogen and oxygen atoms in total. The summed E-state index contributed by atoms with van der Waals surface area (Å²) in [6, 6.07) is 7.74. The maximum atomic E-state index is 13.0. The number of aryl methyl sites for hydroxylation is 1. The third kappa shape index (κ3) is 5.22. The molecule has 0 bridgehead atoms. The number of rotatable bonds is 8. The topological polar surface area (TPSA) is 138 Å². The molecule has 1 saturated carbocycles. The second-order valence-electron chi connectivity index (χ2n) is 7.95. The van der Waals surface area contributed by atoms with Crippen molar-refractivity contribution in [1.82, 2.24) is 15.2 Å². The summed E-state index contributed by atoms with van der Waals surface area (Å²) >= 11 is 0. The number of carboxylic acids is 2. The van der Waals surface area contributed by atoms with E-state index in [9.17, 15) is 24.3 Å². The molecular weight excluding hydrogens is 402 g/mol. The number of carbonyl (C=O) groups is 4. The minimum atomic E-state index is -1.28. The van der Waals surface area contributed by atoms with Crippen LogP contribution in [-0.2, 0) is 21.4 Å². The molecule has 166 valence electrons. The highest BCUT2D eigenvalue weighted by molar-refractivity contribution is 5.99. The van der Waals surface area contributed by atoms with Gasteiger partial charge < -0.3 is 25.4 Å². The fraction of sp³-hybridized carbons (Fsp3) is 0.455. The highest BCUT2D eigenvalue weighted by Crippen LogP contribution is 2.26. The minimum Gasteiger partial charge on any atom is -0.481 e. The molecule has 3 rings (SSSR count). The van der Waals surface area contributed by atoms with Crippen LogP contribution < -0.4 is 10.6 Å². The van der Waals surface area contributed by atoms with Gasteiger partial charge in [-0.2, -0.15) is 0 Å². The zero-order chi connectivity index (χ0) is 22.5. The number of aromatic nitrogens is 1. The summed E-state index contributed by atoms with van der Waals surface area (Å²) in [5.74, 6) is -3.73. The average molecular weight is 429 g/mol. The number of aliphatic carboxylic acids is 2. The molecule has 9 heteroatoms. The fourth-order valence-electron chi connectivity index (χ4n) is 4.17. The lowest BCUT2D eigenvalue weighted by atomic mass is 9.83. The fourth-order valence-corrected chi connectivity index (χ4v) is 4.17. The smallest absolute Gasteiger partial charge is 0.326 e. The minimum absolute atomic E-state index is 0.198. The summed E-state index contributed by atoms with van der Waals surface area (Å²) in [5, 5.41) is 24.5. The number of hydrogen-bond donors (Lipinski definition) is 4. The molecule has 1 aliphatic rings. The molecule has 1 aromatic heterocycles. The van der Waals surface area contributed by atoms with E-state index in [0.717, 1.165) is 23.7 Å². The molecule has 1 heterocycles. The normalized spacial score (nSPS) is 19.5. The first-order valence-electron chi connectivity index (χ1n) is 10.4. The Labute approximate surface area is 179 Å². The van der Waals surface area contributed by atoms with E-state index in [4.69, 9.17) is 5.11 Å². The van der Waals surface area contributed by atoms with E-state index in [1.54, 1.807) is 10.6 Å². The molecule has 0 aliphatic heterocycles. The molecular formula is C22H27N3O6. The van der Waals surface area contributed by atoms with Crippen molar-refractivity contribution in [3.8, 4) is 0 Å². The summed E-state index contributed by atoms with van der Waals surface area (Å²) in [5.41, 5.74) is 1.41. The summed E-state index contributed by atoms with van der Waals surface area (Å²) in [6.07, 6.45) is 2.23. The van der Waals surface area contributed by atoms with Crippen LogP contribution in [-0.4, -0.2) is 50.6 Å². The molecule has 0 saturated heterocycles. The van der Waals surface area contributed by atoms with Gasteiger partial charge in [-0.25, -0.2) is 4.79 Å². The zero-order valence-corrected chi connectivity index (χ0v) is 17.3. The second kappa shape index (κ2) is 9.63. The van der Waals surface area contributed by atoms with Crippen molar-refractivity contribution < 1.29 is 29.4 Å². The van der Waals surface area contributed by atoms with Gasteiger partial charge in [0.2, 0.25) is 5.91 Å². The van der Waals surface area contributed by atoms with Crippen LogP contribution in [0.15, 0.2) is 30.3 Å². The third-order valence-electron chi connectivity index (χ3n) is 5.87. The van der Waals surface area contributed by atoms with E-state index >= 15 is 0 Å². The molecule has 2 amide bonds. The van der Waals surface area contributed by atoms with Crippen molar-refractivity contribution in [3.63, 3.8) is 0 Å². The van der Waals surface area contributed by atoms with Crippen LogP contribution in [0.2, 0.25) is 0 Å². The van der Waals surface area contributed by atoms with E-state index in [1.807, 2.05) is 31.3 Å². The number of carboxylic acid groups (broad SMARTS) is 2. The highest BCUT2D eigenvalue weighted by atomic mass is 16.4. The molecule has 2 aromatic rings. The first-order chi connectivity index (χ1) is 14.8. The molecule has 1 aliphatic carbocycles. The Bertz CT molecular complexity index is 998. The van der Waals surface area contributed by atoms with E-state index in [1.165, 1.54) is 0 Å². The Morgan fingerprint density at radius 1 is 1.13 bits per heavy atom. The van der Waals surface area contributed by atoms with Crippen molar-refractivity contribution >= 4 is 34.7 Å². The SMILES string of the molecule is Cn1c(C(=O)N[C@H]2CCCC[C@H]2C(=O)N[C@@H](CCC(=O)O)C(=O)O)cc2ccccc21. The van der Waals surface area contributed by atoms with Crippen LogP contribution in [0.5, 0.6) is 0 Å². The maximum absolute atomic E-state index is 13.0. The van der Waals surface area contributed by atoms with Crippen LogP contribution in [0.1, 0.15) is 49.0 Å². The van der Waals surface area contributed by atoms with Crippen LogP contribution in [0, 0.1) is 5.92 Å². The Balaban J connectivity index is 1.71. The molecule has 0 spiro atoms. The van der Waals surface area contributed by atoms with Gasteiger partial charge in [0.05, 0.1) is 5.92 Å². The van der Waals surface area contributed by atoms with Crippen molar-refractivity contribution in [2.45, 2.75) is 50.6 Å². The average Bonchev–Trinajstić information content (AvgIpc) is 3.08. The molecule has 31 heavy (non-hydrogen) atoms. The van der Waals surface area contributed by atoms with Crippen molar-refractivity contribution in [2.24, 2.45) is 13.0 Å². The molecule has 0 unspecified atom stereocenters. The predicted molar refractivity (Wildman–Crippen MR) is 113 cm³/mol. The maximum Gasteiger partial charge on any atom is 0.326 e. The van der Waals surface area contributed by atoms with Gasteiger partial charge in [0.15, 0.2) is 0 Å². The zero-order valence-electron chi connectivity index (χ0n) is 17.3. The van der Waals surface area contributed by atoms with Crippen molar-refractivity contribution in [1.29, 1.82) is 0 Å². The standard InChI is InChI=1S/C22H27N3O6/c1-25-17-9-5-2-6-13(17)12-18(25)21(29)23-15-8-4-3-7-14(15)20(28)24-16(22(30)31)10-11-19(26)27/h2,5-6,9,12,14-16H,3-4,7-8,10-11H2,1H3,(H,23,29)(H,24,28)(H,26,27)(H,30,31)/t14-,15+,16+/m1/s1. The number of hydrogen-bond acceptors (Lipinski definition) is 4. The highest BCUT2D eigenvalue weighted by Gasteiger charge is 2.34. The molecule has 1 aromatic carbocycles. The quantitative estimate of drug-likeness (QED) is 0.506. The van der Waals surface area contributed by atoms with Gasteiger partial charge in [0, 0.05) is 30.4 Å².